The van der Waals surface area contributed by atoms with E-state index in [-0.39, 0.29) is 36.4 Å². The number of rotatable bonds is 3. The Kier molecular flexibility index (Phi) is 4.50. The third-order valence-corrected chi connectivity index (χ3v) is 5.38. The van der Waals surface area contributed by atoms with E-state index in [4.69, 9.17) is 4.74 Å². The Hall–Kier alpha value is -2.25. The van der Waals surface area contributed by atoms with Gasteiger partial charge in [-0.1, -0.05) is 12.1 Å². The molecule has 2 fully saturated rings. The summed E-state index contributed by atoms with van der Waals surface area (Å²) in [6.07, 6.45) is 1.93. The zero-order chi connectivity index (χ0) is 18.3. The minimum absolute atomic E-state index is 0.0681. The van der Waals surface area contributed by atoms with Crippen molar-refractivity contribution in [1.82, 2.24) is 20.0 Å². The van der Waals surface area contributed by atoms with Crippen molar-refractivity contribution in [1.29, 1.82) is 0 Å². The lowest BCUT2D eigenvalue weighted by Gasteiger charge is -2.26. The number of carbonyl (C=O) groups is 1. The van der Waals surface area contributed by atoms with Crippen LogP contribution in [0.5, 0.6) is 0 Å². The summed E-state index contributed by atoms with van der Waals surface area (Å²) in [7, 11) is 1.92. The molecular weight excluding hydrogens is 335 g/mol. The summed E-state index contributed by atoms with van der Waals surface area (Å²) >= 11 is 0. The third kappa shape index (κ3) is 3.24. The van der Waals surface area contributed by atoms with Crippen LogP contribution in [0.3, 0.4) is 0 Å². The van der Waals surface area contributed by atoms with E-state index in [1.165, 1.54) is 17.7 Å². The van der Waals surface area contributed by atoms with Crippen LogP contribution < -0.4 is 5.32 Å². The van der Waals surface area contributed by atoms with Gasteiger partial charge in [-0.2, -0.15) is 5.10 Å². The topological polar surface area (TPSA) is 59.4 Å². The summed E-state index contributed by atoms with van der Waals surface area (Å²) in [6, 6.07) is 6.69. The molecule has 0 spiro atoms. The van der Waals surface area contributed by atoms with E-state index in [0.29, 0.717) is 6.54 Å². The molecule has 2 aromatic rings. The maximum Gasteiger partial charge on any atom is 0.246 e. The Morgan fingerprint density at radius 3 is 2.81 bits per heavy atom. The predicted octanol–water partition coefficient (Wildman–Crippen LogP) is 1.35. The number of fused-ring (bicyclic) bond motifs is 1. The summed E-state index contributed by atoms with van der Waals surface area (Å²) < 4.78 is 21.1. The van der Waals surface area contributed by atoms with E-state index in [9.17, 15) is 9.18 Å². The average Bonchev–Trinajstić information content (AvgIpc) is 3.03. The van der Waals surface area contributed by atoms with Crippen LogP contribution >= 0.6 is 0 Å². The molecule has 7 heteroatoms. The van der Waals surface area contributed by atoms with Gasteiger partial charge in [0.25, 0.3) is 0 Å². The molecule has 2 aliphatic rings. The first-order valence-corrected chi connectivity index (χ1v) is 8.88. The molecular formula is C19H23FN4O2. The van der Waals surface area contributed by atoms with Crippen molar-refractivity contribution in [3.05, 3.63) is 53.1 Å². The molecule has 1 aromatic heterocycles. The number of likely N-dealkylation sites (tertiary alicyclic amines) is 1. The largest absolute Gasteiger partial charge is 0.366 e. The molecule has 26 heavy (non-hydrogen) atoms. The van der Waals surface area contributed by atoms with Crippen LogP contribution in [0, 0.1) is 12.7 Å². The van der Waals surface area contributed by atoms with Crippen LogP contribution in [0.2, 0.25) is 0 Å². The first kappa shape index (κ1) is 17.2. The number of carbonyl (C=O) groups excluding carboxylic acids is 1. The molecule has 2 aliphatic heterocycles. The lowest BCUT2D eigenvalue weighted by atomic mass is 9.93. The monoisotopic (exact) mass is 358 g/mol. The highest BCUT2D eigenvalue weighted by molar-refractivity contribution is 5.77. The second kappa shape index (κ2) is 6.81. The van der Waals surface area contributed by atoms with E-state index < -0.39 is 0 Å². The van der Waals surface area contributed by atoms with Gasteiger partial charge in [0, 0.05) is 44.4 Å². The first-order chi connectivity index (χ1) is 12.5. The van der Waals surface area contributed by atoms with Crippen molar-refractivity contribution < 1.29 is 13.9 Å². The smallest absolute Gasteiger partial charge is 0.246 e. The van der Waals surface area contributed by atoms with Gasteiger partial charge in [0.15, 0.2) is 0 Å². The van der Waals surface area contributed by atoms with Crippen LogP contribution in [0.25, 0.3) is 0 Å². The van der Waals surface area contributed by atoms with Gasteiger partial charge in [0.2, 0.25) is 5.91 Å². The van der Waals surface area contributed by atoms with Gasteiger partial charge in [0.1, 0.15) is 12.4 Å². The SMILES string of the molecule is Cc1nn(C)cc1CN1C[C@H](c2ccc(F)cc2)[C@H]2OCC(=O)NC[C@H]21. The maximum absolute atomic E-state index is 13.3. The zero-order valence-corrected chi connectivity index (χ0v) is 15.0. The standard InChI is InChI=1S/C19H23FN4O2/c1-12-14(8-23(2)22-12)9-24-10-16(13-3-5-15(20)6-4-13)19-17(24)7-21-18(25)11-26-19/h3-6,8,16-17,19H,7,9-11H2,1-2H3,(H,21,25)/t16-,17-,19-/m1/s1. The van der Waals surface area contributed by atoms with E-state index in [1.807, 2.05) is 37.0 Å². The minimum atomic E-state index is -0.246. The fourth-order valence-electron chi connectivity index (χ4n) is 4.09. The van der Waals surface area contributed by atoms with Crippen LogP contribution in [0.15, 0.2) is 30.5 Å². The second-order valence-corrected chi connectivity index (χ2v) is 7.15. The van der Waals surface area contributed by atoms with E-state index in [1.54, 1.807) is 0 Å². The molecule has 0 aliphatic carbocycles. The molecule has 4 rings (SSSR count). The zero-order valence-electron chi connectivity index (χ0n) is 15.0. The lowest BCUT2D eigenvalue weighted by molar-refractivity contribution is -0.125. The van der Waals surface area contributed by atoms with Crippen molar-refractivity contribution >= 4 is 5.91 Å². The summed E-state index contributed by atoms with van der Waals surface area (Å²) in [4.78, 5) is 14.1. The van der Waals surface area contributed by atoms with Crippen molar-refractivity contribution in [2.75, 3.05) is 19.7 Å². The minimum Gasteiger partial charge on any atom is -0.366 e. The highest BCUT2D eigenvalue weighted by Crippen LogP contribution is 2.36. The molecule has 0 bridgehead atoms. The molecule has 2 saturated heterocycles. The fourth-order valence-corrected chi connectivity index (χ4v) is 4.09. The van der Waals surface area contributed by atoms with Crippen LogP contribution in [-0.4, -0.2) is 52.4 Å². The first-order valence-electron chi connectivity index (χ1n) is 8.88. The molecule has 3 heterocycles. The molecule has 1 aromatic carbocycles. The van der Waals surface area contributed by atoms with Crippen molar-refractivity contribution in [2.45, 2.75) is 31.5 Å². The summed E-state index contributed by atoms with van der Waals surface area (Å²) in [5.41, 5.74) is 3.22. The maximum atomic E-state index is 13.3. The number of aromatic nitrogens is 2. The normalized spacial score (nSPS) is 26.4. The number of ether oxygens (including phenoxy) is 1. The summed E-state index contributed by atoms with van der Waals surface area (Å²) in [5, 5.41) is 7.37. The van der Waals surface area contributed by atoms with E-state index >= 15 is 0 Å². The molecule has 0 saturated carbocycles. The molecule has 0 radical (unpaired) electrons. The number of nitrogens with zero attached hydrogens (tertiary/aromatic N) is 3. The van der Waals surface area contributed by atoms with Gasteiger partial charge in [-0.15, -0.1) is 0 Å². The second-order valence-electron chi connectivity index (χ2n) is 7.15. The van der Waals surface area contributed by atoms with Gasteiger partial charge >= 0.3 is 0 Å². The van der Waals surface area contributed by atoms with Crippen LogP contribution in [0.4, 0.5) is 4.39 Å². The van der Waals surface area contributed by atoms with E-state index in [0.717, 1.165) is 24.3 Å². The Bertz CT molecular complexity index is 804. The third-order valence-electron chi connectivity index (χ3n) is 5.38. The molecule has 0 unspecified atom stereocenters. The lowest BCUT2D eigenvalue weighted by Crippen LogP contribution is -2.42. The summed E-state index contributed by atoms with van der Waals surface area (Å²) in [6.45, 7) is 4.17. The Morgan fingerprint density at radius 2 is 2.12 bits per heavy atom. The number of amides is 1. The Labute approximate surface area is 151 Å². The van der Waals surface area contributed by atoms with Gasteiger partial charge in [-0.05, 0) is 24.6 Å². The van der Waals surface area contributed by atoms with Gasteiger partial charge < -0.3 is 10.1 Å². The Balaban J connectivity index is 1.62. The quantitative estimate of drug-likeness (QED) is 0.900. The van der Waals surface area contributed by atoms with Crippen molar-refractivity contribution in [3.8, 4) is 0 Å². The Morgan fingerprint density at radius 1 is 1.35 bits per heavy atom. The average molecular weight is 358 g/mol. The number of halogens is 1. The molecule has 1 amide bonds. The highest BCUT2D eigenvalue weighted by Gasteiger charge is 2.44. The number of benzene rings is 1. The molecule has 3 atom stereocenters. The van der Waals surface area contributed by atoms with Crippen molar-refractivity contribution in [3.63, 3.8) is 0 Å². The summed E-state index contributed by atoms with van der Waals surface area (Å²) in [5.74, 6) is -0.232. The van der Waals surface area contributed by atoms with Gasteiger partial charge in [-0.3, -0.25) is 14.4 Å². The molecule has 1 N–H and O–H groups in total. The number of aryl methyl sites for hydroxylation is 2. The highest BCUT2D eigenvalue weighted by atomic mass is 19.1. The van der Waals surface area contributed by atoms with E-state index in [2.05, 4.69) is 15.3 Å². The number of nitrogens with one attached hydrogen (secondary N) is 1. The van der Waals surface area contributed by atoms with Gasteiger partial charge in [0.05, 0.1) is 17.8 Å². The molecule has 6 nitrogen and oxygen atoms in total. The van der Waals surface area contributed by atoms with Crippen molar-refractivity contribution in [2.24, 2.45) is 7.05 Å². The number of hydrogen-bond acceptors (Lipinski definition) is 4. The van der Waals surface area contributed by atoms with Crippen LogP contribution in [-0.2, 0) is 23.1 Å². The predicted molar refractivity (Wildman–Crippen MR) is 94.0 cm³/mol. The van der Waals surface area contributed by atoms with Crippen LogP contribution in [0.1, 0.15) is 22.7 Å². The fraction of sp³-hybridized carbons (Fsp3) is 0.474. The van der Waals surface area contributed by atoms with Gasteiger partial charge in [-0.25, -0.2) is 4.39 Å². The number of hydrogen-bond donors (Lipinski definition) is 1. The molecule has 138 valence electrons.